The Kier molecular flexibility index (Phi) is 4.13. The van der Waals surface area contributed by atoms with Crippen molar-refractivity contribution in [2.24, 2.45) is 5.73 Å². The summed E-state index contributed by atoms with van der Waals surface area (Å²) in [5.74, 6) is 0.594. The maximum Gasteiger partial charge on any atom is 0.250 e. The smallest absolute Gasteiger partial charge is 0.250 e. The van der Waals surface area contributed by atoms with Crippen LogP contribution in [0.3, 0.4) is 0 Å². The maximum absolute atomic E-state index is 11.7. The van der Waals surface area contributed by atoms with Crippen LogP contribution >= 0.6 is 0 Å². The van der Waals surface area contributed by atoms with Crippen molar-refractivity contribution in [2.45, 2.75) is 25.4 Å². The molecule has 0 spiro atoms. The molecule has 1 atom stereocenters. The van der Waals surface area contributed by atoms with Gasteiger partial charge in [-0.1, -0.05) is 6.07 Å². The van der Waals surface area contributed by atoms with Gasteiger partial charge in [0.15, 0.2) is 0 Å². The second kappa shape index (κ2) is 6.06. The Morgan fingerprint density at radius 2 is 2.32 bits per heavy atom. The second-order valence-corrected chi connectivity index (χ2v) is 6.11. The van der Waals surface area contributed by atoms with E-state index in [1.54, 1.807) is 6.07 Å². The van der Waals surface area contributed by atoms with Gasteiger partial charge in [0.2, 0.25) is 0 Å². The fourth-order valence-corrected chi connectivity index (χ4v) is 3.07. The van der Waals surface area contributed by atoms with Crippen molar-refractivity contribution in [3.8, 4) is 0 Å². The average Bonchev–Trinajstić information content (AvgIpc) is 3.11. The normalized spacial score (nSPS) is 18.4. The summed E-state index contributed by atoms with van der Waals surface area (Å²) in [5.41, 5.74) is 7.71. The number of nitrogens with one attached hydrogen (secondary N) is 1. The van der Waals surface area contributed by atoms with Crippen LogP contribution in [0.1, 0.15) is 35.1 Å². The number of rotatable bonds is 5. The summed E-state index contributed by atoms with van der Waals surface area (Å²) in [6, 6.07) is 5.90. The van der Waals surface area contributed by atoms with Gasteiger partial charge in [-0.05, 0) is 45.6 Å². The van der Waals surface area contributed by atoms with Crippen LogP contribution in [-0.2, 0) is 6.54 Å². The first-order valence-corrected chi connectivity index (χ1v) is 7.75. The summed E-state index contributed by atoms with van der Waals surface area (Å²) in [4.78, 5) is 18.6. The molecule has 1 fully saturated rings. The molecule has 1 amide bonds. The van der Waals surface area contributed by atoms with Gasteiger partial charge in [-0.25, -0.2) is 4.98 Å². The zero-order valence-electron chi connectivity index (χ0n) is 13.2. The molecule has 1 unspecified atom stereocenters. The number of para-hydroxylation sites is 1. The molecule has 1 aromatic heterocycles. The third kappa shape index (κ3) is 2.71. The number of carbonyl (C=O) groups is 1. The lowest BCUT2D eigenvalue weighted by Gasteiger charge is -2.16. The Labute approximate surface area is 130 Å². The van der Waals surface area contributed by atoms with Crippen molar-refractivity contribution in [1.29, 1.82) is 0 Å². The van der Waals surface area contributed by atoms with Gasteiger partial charge in [-0.3, -0.25) is 4.79 Å². The number of imidazole rings is 1. The molecule has 1 saturated heterocycles. The number of amides is 1. The molecule has 0 saturated carbocycles. The first-order valence-electron chi connectivity index (χ1n) is 7.75. The fraction of sp³-hybridized carbons (Fsp3) is 0.500. The fourth-order valence-electron chi connectivity index (χ4n) is 3.07. The van der Waals surface area contributed by atoms with E-state index in [4.69, 9.17) is 10.7 Å². The van der Waals surface area contributed by atoms with Crippen molar-refractivity contribution in [2.75, 3.05) is 27.2 Å². The Bertz CT molecular complexity index is 685. The number of likely N-dealkylation sites (N-methyl/N-ethyl adjacent to an activating group) is 1. The van der Waals surface area contributed by atoms with E-state index >= 15 is 0 Å². The molecule has 0 aliphatic carbocycles. The highest BCUT2D eigenvalue weighted by molar-refractivity contribution is 6.04. The standard InChI is InChI=1S/C16H23N5O/c1-20(2)9-10-21-13-7-3-5-11(15(17)22)14(13)19-16(21)12-6-4-8-18-12/h3,5,7,12,18H,4,6,8-10H2,1-2H3,(H2,17,22). The molecule has 0 bridgehead atoms. The first-order chi connectivity index (χ1) is 10.6. The zero-order chi connectivity index (χ0) is 15.7. The van der Waals surface area contributed by atoms with Crippen LogP contribution in [0.2, 0.25) is 0 Å². The number of hydrogen-bond acceptors (Lipinski definition) is 4. The predicted octanol–water partition coefficient (Wildman–Crippen LogP) is 1.12. The van der Waals surface area contributed by atoms with Gasteiger partial charge in [0.1, 0.15) is 11.3 Å². The largest absolute Gasteiger partial charge is 0.366 e. The lowest BCUT2D eigenvalue weighted by Crippen LogP contribution is -2.23. The molecule has 2 aromatic rings. The van der Waals surface area contributed by atoms with Gasteiger partial charge in [0.25, 0.3) is 5.91 Å². The number of carbonyl (C=O) groups excluding carboxylic acids is 1. The molecular formula is C16H23N5O. The molecule has 0 radical (unpaired) electrons. The average molecular weight is 301 g/mol. The molecule has 2 heterocycles. The molecule has 6 nitrogen and oxygen atoms in total. The van der Waals surface area contributed by atoms with Gasteiger partial charge in [-0.2, -0.15) is 0 Å². The van der Waals surface area contributed by atoms with Gasteiger partial charge >= 0.3 is 0 Å². The molecule has 1 aliphatic rings. The van der Waals surface area contributed by atoms with Crippen LogP contribution < -0.4 is 11.1 Å². The van der Waals surface area contributed by atoms with Crippen molar-refractivity contribution in [1.82, 2.24) is 19.8 Å². The van der Waals surface area contributed by atoms with Crippen molar-refractivity contribution >= 4 is 16.9 Å². The molecule has 6 heteroatoms. The van der Waals surface area contributed by atoms with Crippen LogP contribution in [0.5, 0.6) is 0 Å². The van der Waals surface area contributed by atoms with Crippen LogP contribution in [0, 0.1) is 0 Å². The summed E-state index contributed by atoms with van der Waals surface area (Å²) in [5, 5.41) is 3.50. The minimum atomic E-state index is -0.422. The van der Waals surface area contributed by atoms with Gasteiger partial charge in [-0.15, -0.1) is 0 Å². The van der Waals surface area contributed by atoms with E-state index in [1.165, 1.54) is 0 Å². The van der Waals surface area contributed by atoms with Crippen molar-refractivity contribution < 1.29 is 4.79 Å². The summed E-state index contributed by atoms with van der Waals surface area (Å²) in [7, 11) is 4.11. The Morgan fingerprint density at radius 3 is 2.95 bits per heavy atom. The number of benzene rings is 1. The van der Waals surface area contributed by atoms with E-state index in [0.29, 0.717) is 5.56 Å². The van der Waals surface area contributed by atoms with E-state index in [1.807, 2.05) is 12.1 Å². The van der Waals surface area contributed by atoms with Crippen LogP contribution in [0.25, 0.3) is 11.0 Å². The van der Waals surface area contributed by atoms with Crippen molar-refractivity contribution in [3.63, 3.8) is 0 Å². The molecule has 118 valence electrons. The topological polar surface area (TPSA) is 76.2 Å². The highest BCUT2D eigenvalue weighted by Gasteiger charge is 2.24. The Hall–Kier alpha value is -1.92. The maximum atomic E-state index is 11.7. The van der Waals surface area contributed by atoms with Gasteiger partial charge in [0.05, 0.1) is 17.1 Å². The summed E-state index contributed by atoms with van der Waals surface area (Å²) in [6.07, 6.45) is 2.24. The number of nitrogens with two attached hydrogens (primary N) is 1. The number of hydrogen-bond donors (Lipinski definition) is 2. The summed E-state index contributed by atoms with van der Waals surface area (Å²) in [6.45, 7) is 2.79. The molecule has 1 aliphatic heterocycles. The summed E-state index contributed by atoms with van der Waals surface area (Å²) >= 11 is 0. The van der Waals surface area contributed by atoms with Crippen molar-refractivity contribution in [3.05, 3.63) is 29.6 Å². The highest BCUT2D eigenvalue weighted by atomic mass is 16.1. The second-order valence-electron chi connectivity index (χ2n) is 6.11. The van der Waals surface area contributed by atoms with Gasteiger partial charge in [0, 0.05) is 13.1 Å². The van der Waals surface area contributed by atoms with E-state index in [9.17, 15) is 4.79 Å². The first kappa shape index (κ1) is 15.0. The van der Waals surface area contributed by atoms with E-state index in [-0.39, 0.29) is 6.04 Å². The molecule has 1 aromatic carbocycles. The monoisotopic (exact) mass is 301 g/mol. The predicted molar refractivity (Wildman–Crippen MR) is 86.8 cm³/mol. The molecule has 3 rings (SSSR count). The van der Waals surface area contributed by atoms with Crippen LogP contribution in [0.4, 0.5) is 0 Å². The Morgan fingerprint density at radius 1 is 1.50 bits per heavy atom. The van der Waals surface area contributed by atoms with Crippen LogP contribution in [-0.4, -0.2) is 47.5 Å². The van der Waals surface area contributed by atoms with E-state index in [2.05, 4.69) is 28.9 Å². The Balaban J connectivity index is 2.12. The van der Waals surface area contributed by atoms with Gasteiger partial charge < -0.3 is 20.5 Å². The third-order valence-corrected chi connectivity index (χ3v) is 4.22. The minimum Gasteiger partial charge on any atom is -0.366 e. The molecule has 3 N–H and O–H groups in total. The molecule has 22 heavy (non-hydrogen) atoms. The minimum absolute atomic E-state index is 0.260. The lowest BCUT2D eigenvalue weighted by molar-refractivity contribution is 0.100. The van der Waals surface area contributed by atoms with Crippen LogP contribution in [0.15, 0.2) is 18.2 Å². The third-order valence-electron chi connectivity index (χ3n) is 4.22. The number of aromatic nitrogens is 2. The number of fused-ring (bicyclic) bond motifs is 1. The summed E-state index contributed by atoms with van der Waals surface area (Å²) < 4.78 is 2.23. The van der Waals surface area contributed by atoms with E-state index < -0.39 is 5.91 Å². The SMILES string of the molecule is CN(C)CCn1c(C2CCCN2)nc2c(C(N)=O)cccc21. The van der Waals surface area contributed by atoms with E-state index in [0.717, 1.165) is 49.3 Å². The molecular weight excluding hydrogens is 278 g/mol. The quantitative estimate of drug-likeness (QED) is 0.868. The number of nitrogens with zero attached hydrogens (tertiary/aromatic N) is 3. The number of primary amides is 1. The highest BCUT2D eigenvalue weighted by Crippen LogP contribution is 2.28. The lowest BCUT2D eigenvalue weighted by atomic mass is 10.2. The zero-order valence-corrected chi connectivity index (χ0v) is 13.2.